The first-order chi connectivity index (χ1) is 8.50. The summed E-state index contributed by atoms with van der Waals surface area (Å²) in [6.45, 7) is 0. The van der Waals surface area contributed by atoms with E-state index in [1.807, 2.05) is 0 Å². The highest BCUT2D eigenvalue weighted by molar-refractivity contribution is 7.95. The van der Waals surface area contributed by atoms with E-state index >= 15 is 0 Å². The second-order valence-electron chi connectivity index (χ2n) is 3.90. The van der Waals surface area contributed by atoms with Crippen LogP contribution < -0.4 is 10.5 Å². The minimum atomic E-state index is -4.10. The summed E-state index contributed by atoms with van der Waals surface area (Å²) in [5.74, 6) is -3.50. The molecule has 6 nitrogen and oxygen atoms in total. The van der Waals surface area contributed by atoms with Gasteiger partial charge in [-0.2, -0.15) is 0 Å². The Kier molecular flexibility index (Phi) is 4.35. The number of anilines is 2. The van der Waals surface area contributed by atoms with Crippen LogP contribution in [0.25, 0.3) is 0 Å². The van der Waals surface area contributed by atoms with Crippen LogP contribution in [0.5, 0.6) is 0 Å². The van der Waals surface area contributed by atoms with Gasteiger partial charge >= 0.3 is 0 Å². The summed E-state index contributed by atoms with van der Waals surface area (Å²) in [7, 11) is -7.58. The summed E-state index contributed by atoms with van der Waals surface area (Å²) in [6, 6.07) is 1.21. The van der Waals surface area contributed by atoms with Gasteiger partial charge in [-0.25, -0.2) is 25.6 Å². The van der Waals surface area contributed by atoms with Crippen LogP contribution in [0, 0.1) is 11.6 Å². The smallest absolute Gasteiger partial charge is 0.233 e. The molecule has 0 aromatic heterocycles. The highest BCUT2D eigenvalue weighted by Crippen LogP contribution is 2.24. The van der Waals surface area contributed by atoms with Crippen LogP contribution in [0.4, 0.5) is 20.2 Å². The number of nitrogen functional groups attached to an aromatic ring is 1. The molecule has 1 rings (SSSR count). The third-order valence-electron chi connectivity index (χ3n) is 2.07. The second kappa shape index (κ2) is 5.29. The predicted octanol–water partition coefficient (Wildman–Crippen LogP) is 0.333. The van der Waals surface area contributed by atoms with Crippen molar-refractivity contribution < 1.29 is 25.6 Å². The summed E-state index contributed by atoms with van der Waals surface area (Å²) < 4.78 is 72.7. The van der Waals surface area contributed by atoms with E-state index < -0.39 is 54.4 Å². The zero-order valence-electron chi connectivity index (χ0n) is 9.85. The average molecular weight is 314 g/mol. The molecule has 108 valence electrons. The van der Waals surface area contributed by atoms with Crippen molar-refractivity contribution in [3.05, 3.63) is 23.8 Å². The van der Waals surface area contributed by atoms with Gasteiger partial charge in [-0.3, -0.25) is 4.72 Å². The van der Waals surface area contributed by atoms with E-state index in [1.54, 1.807) is 4.72 Å². The van der Waals surface area contributed by atoms with Crippen LogP contribution in [0.3, 0.4) is 0 Å². The Morgan fingerprint density at radius 3 is 2.21 bits per heavy atom. The standard InChI is InChI=1S/C9H12F2N2O4S2/c1-18(14,15)2-3-19(16,17)13-9-7(11)4-6(10)5-8(9)12/h4-5,13H,2-3,12H2,1H3. The number of hydrogen-bond donors (Lipinski definition) is 2. The molecule has 0 heterocycles. The molecule has 0 saturated carbocycles. The number of benzene rings is 1. The van der Waals surface area contributed by atoms with E-state index in [1.165, 1.54) is 0 Å². The van der Waals surface area contributed by atoms with Crippen molar-refractivity contribution in [1.82, 2.24) is 0 Å². The molecule has 0 aliphatic heterocycles. The van der Waals surface area contributed by atoms with Gasteiger partial charge in [0.25, 0.3) is 0 Å². The Labute approximate surface area is 109 Å². The quantitative estimate of drug-likeness (QED) is 0.762. The Morgan fingerprint density at radius 1 is 1.16 bits per heavy atom. The first kappa shape index (κ1) is 15.6. The molecule has 19 heavy (non-hydrogen) atoms. The van der Waals surface area contributed by atoms with Gasteiger partial charge in [0, 0.05) is 12.3 Å². The van der Waals surface area contributed by atoms with Crippen LogP contribution in [-0.2, 0) is 19.9 Å². The first-order valence-corrected chi connectivity index (χ1v) is 8.64. The monoisotopic (exact) mass is 314 g/mol. The molecule has 0 unspecified atom stereocenters. The number of sulfone groups is 1. The van der Waals surface area contributed by atoms with Gasteiger partial charge in [-0.05, 0) is 6.07 Å². The van der Waals surface area contributed by atoms with Gasteiger partial charge in [0.05, 0.1) is 17.2 Å². The van der Waals surface area contributed by atoms with Crippen molar-refractivity contribution in [2.75, 3.05) is 28.2 Å². The number of hydrogen-bond acceptors (Lipinski definition) is 5. The molecule has 0 radical (unpaired) electrons. The molecule has 1 aromatic carbocycles. The highest BCUT2D eigenvalue weighted by atomic mass is 32.2. The lowest BCUT2D eigenvalue weighted by Crippen LogP contribution is -2.23. The first-order valence-electron chi connectivity index (χ1n) is 4.93. The van der Waals surface area contributed by atoms with E-state index in [2.05, 4.69) is 0 Å². The van der Waals surface area contributed by atoms with Crippen molar-refractivity contribution in [2.24, 2.45) is 0 Å². The minimum absolute atomic E-state index is 0.430. The lowest BCUT2D eigenvalue weighted by atomic mass is 10.2. The predicted molar refractivity (Wildman–Crippen MR) is 67.9 cm³/mol. The van der Waals surface area contributed by atoms with Crippen LogP contribution in [-0.4, -0.2) is 34.6 Å². The normalized spacial score (nSPS) is 12.4. The maximum atomic E-state index is 13.4. The van der Waals surface area contributed by atoms with Crippen molar-refractivity contribution >= 4 is 31.2 Å². The van der Waals surface area contributed by atoms with Gasteiger partial charge in [0.1, 0.15) is 21.3 Å². The Bertz CT molecular complexity index is 663. The largest absolute Gasteiger partial charge is 0.397 e. The third-order valence-corrected chi connectivity index (χ3v) is 4.53. The summed E-state index contributed by atoms with van der Waals surface area (Å²) in [5.41, 5.74) is 4.25. The molecule has 0 amide bonds. The zero-order valence-corrected chi connectivity index (χ0v) is 11.5. The van der Waals surface area contributed by atoms with E-state index in [4.69, 9.17) is 5.73 Å². The van der Waals surface area contributed by atoms with Crippen LogP contribution in [0.15, 0.2) is 12.1 Å². The lowest BCUT2D eigenvalue weighted by Gasteiger charge is -2.11. The van der Waals surface area contributed by atoms with Gasteiger partial charge in [-0.1, -0.05) is 0 Å². The lowest BCUT2D eigenvalue weighted by molar-refractivity contribution is 0.583. The van der Waals surface area contributed by atoms with E-state index in [9.17, 15) is 25.6 Å². The van der Waals surface area contributed by atoms with Gasteiger partial charge in [0.15, 0.2) is 5.82 Å². The number of sulfonamides is 1. The summed E-state index contributed by atoms with van der Waals surface area (Å²) in [6.07, 6.45) is 0.870. The zero-order chi connectivity index (χ0) is 14.8. The third kappa shape index (κ3) is 4.99. The summed E-state index contributed by atoms with van der Waals surface area (Å²) in [4.78, 5) is 0. The second-order valence-corrected chi connectivity index (χ2v) is 8.00. The molecule has 0 spiro atoms. The fraction of sp³-hybridized carbons (Fsp3) is 0.333. The molecule has 0 saturated heterocycles. The fourth-order valence-electron chi connectivity index (χ4n) is 1.17. The van der Waals surface area contributed by atoms with E-state index in [-0.39, 0.29) is 0 Å². The van der Waals surface area contributed by atoms with Gasteiger partial charge in [0.2, 0.25) is 10.0 Å². The molecule has 10 heteroatoms. The number of nitrogens with two attached hydrogens (primary N) is 1. The van der Waals surface area contributed by atoms with E-state index in [0.29, 0.717) is 6.07 Å². The molecule has 1 aromatic rings. The van der Waals surface area contributed by atoms with Crippen molar-refractivity contribution in [3.63, 3.8) is 0 Å². The van der Waals surface area contributed by atoms with Crippen molar-refractivity contribution in [1.29, 1.82) is 0 Å². The van der Waals surface area contributed by atoms with Crippen LogP contribution in [0.2, 0.25) is 0 Å². The maximum absolute atomic E-state index is 13.4. The molecule has 0 aliphatic carbocycles. The molecule has 0 fully saturated rings. The van der Waals surface area contributed by atoms with Gasteiger partial charge in [-0.15, -0.1) is 0 Å². The Balaban J connectivity index is 2.96. The van der Waals surface area contributed by atoms with Crippen molar-refractivity contribution in [3.8, 4) is 0 Å². The van der Waals surface area contributed by atoms with Gasteiger partial charge < -0.3 is 5.73 Å². The van der Waals surface area contributed by atoms with Crippen LogP contribution >= 0.6 is 0 Å². The Morgan fingerprint density at radius 2 is 1.74 bits per heavy atom. The number of halogens is 2. The molecule has 0 atom stereocenters. The summed E-state index contributed by atoms with van der Waals surface area (Å²) in [5, 5.41) is 0. The molecule has 0 aliphatic rings. The number of nitrogens with one attached hydrogen (secondary N) is 1. The van der Waals surface area contributed by atoms with E-state index in [0.717, 1.165) is 12.3 Å². The Hall–Kier alpha value is -1.42. The molecular formula is C9H12F2N2O4S2. The number of rotatable bonds is 5. The maximum Gasteiger partial charge on any atom is 0.233 e. The molecule has 3 N–H and O–H groups in total. The average Bonchev–Trinajstić information content (AvgIpc) is 2.20. The fourth-order valence-corrected chi connectivity index (χ4v) is 3.89. The van der Waals surface area contributed by atoms with Crippen molar-refractivity contribution in [2.45, 2.75) is 0 Å². The van der Waals surface area contributed by atoms with Crippen LogP contribution in [0.1, 0.15) is 0 Å². The summed E-state index contributed by atoms with van der Waals surface area (Å²) >= 11 is 0. The highest BCUT2D eigenvalue weighted by Gasteiger charge is 2.18. The molecular weight excluding hydrogens is 302 g/mol. The molecule has 0 bridgehead atoms. The SMILES string of the molecule is CS(=O)(=O)CCS(=O)(=O)Nc1c(N)cc(F)cc1F. The topological polar surface area (TPSA) is 106 Å². The minimum Gasteiger partial charge on any atom is -0.397 e.